The third kappa shape index (κ3) is 1.29. The predicted octanol–water partition coefficient (Wildman–Crippen LogP) is 1.19. The van der Waals surface area contributed by atoms with E-state index in [1.165, 1.54) is 6.07 Å². The molecule has 0 saturated carbocycles. The molecule has 0 aromatic heterocycles. The molecule has 0 heterocycles. The summed E-state index contributed by atoms with van der Waals surface area (Å²) in [6.45, 7) is 1.55. The number of phenols is 1. The quantitative estimate of drug-likeness (QED) is 0.285. The first kappa shape index (κ1) is 8.32. The molecule has 0 spiro atoms. The Morgan fingerprint density at radius 2 is 2.17 bits per heavy atom. The fourth-order valence-electron chi connectivity index (χ4n) is 0.893. The van der Waals surface area contributed by atoms with E-state index in [0.717, 1.165) is 6.07 Å². The number of nitro groups is 1. The van der Waals surface area contributed by atoms with Gasteiger partial charge in [0.2, 0.25) is 0 Å². The summed E-state index contributed by atoms with van der Waals surface area (Å²) in [7, 11) is 0. The first-order chi connectivity index (χ1) is 5.52. The monoisotopic (exact) mass is 168 g/mol. The van der Waals surface area contributed by atoms with Gasteiger partial charge >= 0.3 is 0 Å². The molecule has 3 N–H and O–H groups in total. The molecule has 5 heteroatoms. The molecule has 0 fully saturated rings. The number of nitrogens with zero attached hydrogens (tertiary/aromatic N) is 1. The van der Waals surface area contributed by atoms with E-state index in [0.29, 0.717) is 5.56 Å². The number of hydrogen-bond donors (Lipinski definition) is 2. The van der Waals surface area contributed by atoms with E-state index < -0.39 is 4.92 Å². The summed E-state index contributed by atoms with van der Waals surface area (Å²) < 4.78 is 0. The molecule has 0 saturated heterocycles. The molecule has 1 aromatic rings. The van der Waals surface area contributed by atoms with Crippen molar-refractivity contribution >= 4 is 11.4 Å². The first-order valence-corrected chi connectivity index (χ1v) is 3.26. The SMILES string of the molecule is Cc1cc([N+](=O)[O-])cc(N)c1O. The third-order valence-corrected chi connectivity index (χ3v) is 1.53. The number of benzene rings is 1. The number of aryl methyl sites for hydroxylation is 1. The second-order valence-electron chi connectivity index (χ2n) is 2.46. The number of nitrogen functional groups attached to an aromatic ring is 1. The van der Waals surface area contributed by atoms with E-state index in [4.69, 9.17) is 10.8 Å². The highest BCUT2D eigenvalue weighted by molar-refractivity contribution is 5.61. The normalized spacial score (nSPS) is 9.75. The van der Waals surface area contributed by atoms with Crippen LogP contribution < -0.4 is 5.73 Å². The van der Waals surface area contributed by atoms with Crippen LogP contribution in [-0.2, 0) is 0 Å². The van der Waals surface area contributed by atoms with E-state index in [9.17, 15) is 10.1 Å². The molecule has 0 amide bonds. The molecule has 5 nitrogen and oxygen atoms in total. The van der Waals surface area contributed by atoms with E-state index >= 15 is 0 Å². The van der Waals surface area contributed by atoms with Crippen LogP contribution in [0.1, 0.15) is 5.56 Å². The molecule has 1 aromatic carbocycles. The molecule has 12 heavy (non-hydrogen) atoms. The van der Waals surface area contributed by atoms with Gasteiger partial charge in [0.1, 0.15) is 5.75 Å². The van der Waals surface area contributed by atoms with Gasteiger partial charge < -0.3 is 10.8 Å². The van der Waals surface area contributed by atoms with Gasteiger partial charge in [-0.05, 0) is 12.5 Å². The van der Waals surface area contributed by atoms with Crippen molar-refractivity contribution in [2.45, 2.75) is 6.92 Å². The van der Waals surface area contributed by atoms with Gasteiger partial charge in [0.25, 0.3) is 5.69 Å². The molecule has 0 aliphatic heterocycles. The standard InChI is InChI=1S/C7H8N2O3/c1-4-2-5(9(11)12)3-6(8)7(4)10/h2-3,10H,8H2,1H3. The van der Waals surface area contributed by atoms with Gasteiger partial charge in [-0.3, -0.25) is 10.1 Å². The van der Waals surface area contributed by atoms with Crippen LogP contribution in [0.4, 0.5) is 11.4 Å². The summed E-state index contributed by atoms with van der Waals surface area (Å²) in [5.41, 5.74) is 5.63. The van der Waals surface area contributed by atoms with Crippen molar-refractivity contribution in [2.24, 2.45) is 0 Å². The number of phenolic OH excluding ortho intramolecular Hbond substituents is 1. The molecule has 0 aliphatic carbocycles. The van der Waals surface area contributed by atoms with E-state index in [1.807, 2.05) is 0 Å². The van der Waals surface area contributed by atoms with Crippen LogP contribution >= 0.6 is 0 Å². The highest BCUT2D eigenvalue weighted by Crippen LogP contribution is 2.29. The lowest BCUT2D eigenvalue weighted by atomic mass is 10.2. The summed E-state index contributed by atoms with van der Waals surface area (Å²) >= 11 is 0. The molecule has 0 bridgehead atoms. The summed E-state index contributed by atoms with van der Waals surface area (Å²) in [6.07, 6.45) is 0. The molecule has 0 radical (unpaired) electrons. The lowest BCUT2D eigenvalue weighted by Gasteiger charge is -2.01. The molecule has 64 valence electrons. The largest absolute Gasteiger partial charge is 0.506 e. The van der Waals surface area contributed by atoms with E-state index in [1.54, 1.807) is 6.92 Å². The number of rotatable bonds is 1. The minimum atomic E-state index is -0.553. The van der Waals surface area contributed by atoms with Gasteiger partial charge in [-0.1, -0.05) is 0 Å². The summed E-state index contributed by atoms with van der Waals surface area (Å²) in [6, 6.07) is 2.40. The Hall–Kier alpha value is -1.78. The van der Waals surface area contributed by atoms with Gasteiger partial charge in [0.05, 0.1) is 10.6 Å². The van der Waals surface area contributed by atoms with Gasteiger partial charge in [0, 0.05) is 12.1 Å². The van der Waals surface area contributed by atoms with Gasteiger partial charge in [0.15, 0.2) is 0 Å². The zero-order chi connectivity index (χ0) is 9.30. The van der Waals surface area contributed by atoms with E-state index in [-0.39, 0.29) is 17.1 Å². The maximum Gasteiger partial charge on any atom is 0.272 e. The fourth-order valence-corrected chi connectivity index (χ4v) is 0.893. The van der Waals surface area contributed by atoms with Crippen LogP contribution in [-0.4, -0.2) is 10.0 Å². The molecule has 0 atom stereocenters. The number of nitrogens with two attached hydrogens (primary N) is 1. The average molecular weight is 168 g/mol. The van der Waals surface area contributed by atoms with Crippen LogP contribution in [0.3, 0.4) is 0 Å². The lowest BCUT2D eigenvalue weighted by molar-refractivity contribution is -0.384. The van der Waals surface area contributed by atoms with Crippen molar-refractivity contribution in [1.82, 2.24) is 0 Å². The highest BCUT2D eigenvalue weighted by atomic mass is 16.6. The Kier molecular flexibility index (Phi) is 1.86. The zero-order valence-electron chi connectivity index (χ0n) is 6.44. The molecule has 1 rings (SSSR count). The Balaban J connectivity index is 3.31. The van der Waals surface area contributed by atoms with E-state index in [2.05, 4.69) is 0 Å². The average Bonchev–Trinajstić information content (AvgIpc) is 1.99. The van der Waals surface area contributed by atoms with Crippen molar-refractivity contribution in [3.8, 4) is 5.75 Å². The third-order valence-electron chi connectivity index (χ3n) is 1.53. The van der Waals surface area contributed by atoms with Crippen molar-refractivity contribution in [3.05, 3.63) is 27.8 Å². The number of hydrogen-bond acceptors (Lipinski definition) is 4. The van der Waals surface area contributed by atoms with Crippen molar-refractivity contribution in [3.63, 3.8) is 0 Å². The first-order valence-electron chi connectivity index (χ1n) is 3.26. The zero-order valence-corrected chi connectivity index (χ0v) is 6.44. The summed E-state index contributed by atoms with van der Waals surface area (Å²) in [5.74, 6) is -0.0967. The number of nitro benzene ring substituents is 1. The number of aromatic hydroxyl groups is 1. The molecular formula is C7H8N2O3. The van der Waals surface area contributed by atoms with Crippen LogP contribution in [0.2, 0.25) is 0 Å². The number of non-ortho nitro benzene ring substituents is 1. The Morgan fingerprint density at radius 3 is 2.58 bits per heavy atom. The van der Waals surface area contributed by atoms with Crippen molar-refractivity contribution < 1.29 is 10.0 Å². The van der Waals surface area contributed by atoms with Crippen molar-refractivity contribution in [2.75, 3.05) is 5.73 Å². The Morgan fingerprint density at radius 1 is 1.58 bits per heavy atom. The predicted molar refractivity (Wildman–Crippen MR) is 43.9 cm³/mol. The van der Waals surface area contributed by atoms with Gasteiger partial charge in [-0.25, -0.2) is 0 Å². The van der Waals surface area contributed by atoms with Crippen LogP contribution in [0.25, 0.3) is 0 Å². The fraction of sp³-hybridized carbons (Fsp3) is 0.143. The minimum absolute atomic E-state index is 0.0294. The summed E-state index contributed by atoms with van der Waals surface area (Å²) in [5, 5.41) is 19.4. The summed E-state index contributed by atoms with van der Waals surface area (Å²) in [4.78, 5) is 9.73. The minimum Gasteiger partial charge on any atom is -0.506 e. The Bertz CT molecular complexity index is 312. The maximum absolute atomic E-state index is 10.3. The van der Waals surface area contributed by atoms with Crippen LogP contribution in [0.15, 0.2) is 12.1 Å². The van der Waals surface area contributed by atoms with Crippen LogP contribution in [0.5, 0.6) is 5.75 Å². The molecule has 0 unspecified atom stereocenters. The van der Waals surface area contributed by atoms with Crippen LogP contribution in [0, 0.1) is 17.0 Å². The van der Waals surface area contributed by atoms with Crippen molar-refractivity contribution in [1.29, 1.82) is 0 Å². The lowest BCUT2D eigenvalue weighted by Crippen LogP contribution is -1.93. The second-order valence-corrected chi connectivity index (χ2v) is 2.46. The Labute approximate surface area is 68.6 Å². The topological polar surface area (TPSA) is 89.4 Å². The highest BCUT2D eigenvalue weighted by Gasteiger charge is 2.10. The molecular weight excluding hydrogens is 160 g/mol. The van der Waals surface area contributed by atoms with Gasteiger partial charge in [-0.2, -0.15) is 0 Å². The maximum atomic E-state index is 10.3. The molecule has 0 aliphatic rings. The smallest absolute Gasteiger partial charge is 0.272 e. The second kappa shape index (κ2) is 2.69. The van der Waals surface area contributed by atoms with Gasteiger partial charge in [-0.15, -0.1) is 0 Å². The number of anilines is 1.